The van der Waals surface area contributed by atoms with Gasteiger partial charge in [0.15, 0.2) is 5.82 Å². The summed E-state index contributed by atoms with van der Waals surface area (Å²) in [4.78, 5) is 23.3. The van der Waals surface area contributed by atoms with E-state index in [9.17, 15) is 4.79 Å². The van der Waals surface area contributed by atoms with Crippen molar-refractivity contribution < 1.29 is 13.9 Å². The first-order valence-corrected chi connectivity index (χ1v) is 18.3. The summed E-state index contributed by atoms with van der Waals surface area (Å²) in [6, 6.07) is 13.9. The first-order chi connectivity index (χ1) is 24.2. The Morgan fingerprint density at radius 1 is 1.16 bits per heavy atom. The zero-order chi connectivity index (χ0) is 35.2. The second-order valence-corrected chi connectivity index (χ2v) is 14.4. The lowest BCUT2D eigenvalue weighted by Crippen LogP contribution is -2.43. The number of hydrogen-bond acceptors (Lipinski definition) is 7. The number of aryl methyl sites for hydroxylation is 1. The van der Waals surface area contributed by atoms with Gasteiger partial charge >= 0.3 is 5.69 Å². The van der Waals surface area contributed by atoms with Crippen LogP contribution >= 0.6 is 11.6 Å². The summed E-state index contributed by atoms with van der Waals surface area (Å²) in [7, 11) is 0. The molecule has 0 radical (unpaired) electrons. The topological polar surface area (TPSA) is 148 Å². The van der Waals surface area contributed by atoms with Gasteiger partial charge in [-0.2, -0.15) is 4.98 Å². The van der Waals surface area contributed by atoms with Crippen molar-refractivity contribution in [1.29, 1.82) is 5.41 Å². The van der Waals surface area contributed by atoms with Gasteiger partial charge in [-0.1, -0.05) is 23.7 Å². The first-order valence-electron chi connectivity index (χ1n) is 17.9. The number of nitrogens with two attached hydrogens (primary N) is 2. The lowest BCUT2D eigenvalue weighted by atomic mass is 9.88. The number of benzene rings is 2. The van der Waals surface area contributed by atoms with Crippen molar-refractivity contribution >= 4 is 28.7 Å². The van der Waals surface area contributed by atoms with Crippen LogP contribution < -0.4 is 17.2 Å². The number of amidine groups is 1. The van der Waals surface area contributed by atoms with Crippen molar-refractivity contribution in [2.24, 2.45) is 17.4 Å². The highest BCUT2D eigenvalue weighted by Gasteiger charge is 2.32. The highest BCUT2D eigenvalue weighted by Crippen LogP contribution is 2.37. The molecule has 10 nitrogen and oxygen atoms in total. The molecule has 0 spiro atoms. The smallest absolute Gasteiger partial charge is 0.354 e. The van der Waals surface area contributed by atoms with Crippen LogP contribution in [0.4, 0.5) is 4.39 Å². The summed E-state index contributed by atoms with van der Waals surface area (Å²) in [6.07, 6.45) is 11.6. The van der Waals surface area contributed by atoms with E-state index in [1.807, 2.05) is 19.1 Å². The van der Waals surface area contributed by atoms with E-state index >= 15 is 4.39 Å². The Balaban J connectivity index is 1.23. The summed E-state index contributed by atoms with van der Waals surface area (Å²) in [5, 5.41) is 8.21. The van der Waals surface area contributed by atoms with Crippen LogP contribution in [0.25, 0.3) is 28.0 Å². The molecule has 0 bridgehead atoms. The van der Waals surface area contributed by atoms with Gasteiger partial charge in [0.25, 0.3) is 6.02 Å². The molecule has 2 aliphatic heterocycles. The fourth-order valence-corrected chi connectivity index (χ4v) is 7.85. The SMILES string of the molecule is C[C@H](N)CCCc1cc(Cl)c(F)c(-c2cc3cn(-c4ccc([C@@H]5CCC[C@@H](CCOC(=N)N)N5CCC5CCOCC5)cc4)c(=O)nc3[nH]2)c1. The second kappa shape index (κ2) is 16.5. The number of aromatic amines is 1. The lowest BCUT2D eigenvalue weighted by molar-refractivity contribution is 0.0365. The van der Waals surface area contributed by atoms with Gasteiger partial charge in [-0.3, -0.25) is 14.9 Å². The molecule has 2 saturated heterocycles. The van der Waals surface area contributed by atoms with E-state index in [0.29, 0.717) is 46.5 Å². The summed E-state index contributed by atoms with van der Waals surface area (Å²) < 4.78 is 27.7. The third-order valence-electron chi connectivity index (χ3n) is 10.3. The number of fused-ring (bicyclic) bond motifs is 1. The third kappa shape index (κ3) is 8.74. The van der Waals surface area contributed by atoms with Gasteiger partial charge in [0.1, 0.15) is 5.65 Å². The molecule has 0 amide bonds. The molecule has 0 saturated carbocycles. The molecule has 2 fully saturated rings. The number of likely N-dealkylation sites (tertiary alicyclic amines) is 1. The van der Waals surface area contributed by atoms with Crippen LogP contribution in [-0.2, 0) is 15.9 Å². The molecule has 6 rings (SSSR count). The van der Waals surface area contributed by atoms with Crippen molar-refractivity contribution in [1.82, 2.24) is 19.4 Å². The summed E-state index contributed by atoms with van der Waals surface area (Å²) in [5.41, 5.74) is 15.0. The molecule has 2 aliphatic rings. The highest BCUT2D eigenvalue weighted by atomic mass is 35.5. The molecule has 50 heavy (non-hydrogen) atoms. The molecule has 6 N–H and O–H groups in total. The molecule has 4 heterocycles. The number of nitrogens with one attached hydrogen (secondary N) is 2. The lowest BCUT2D eigenvalue weighted by Gasteiger charge is -2.43. The van der Waals surface area contributed by atoms with E-state index in [1.54, 1.807) is 24.4 Å². The van der Waals surface area contributed by atoms with E-state index in [-0.39, 0.29) is 23.1 Å². The van der Waals surface area contributed by atoms with Crippen LogP contribution in [0.15, 0.2) is 53.5 Å². The van der Waals surface area contributed by atoms with Crippen molar-refractivity contribution in [3.63, 3.8) is 0 Å². The van der Waals surface area contributed by atoms with Crippen LogP contribution in [0.3, 0.4) is 0 Å². The summed E-state index contributed by atoms with van der Waals surface area (Å²) >= 11 is 6.30. The number of ether oxygens (including phenoxy) is 2. The monoisotopic (exact) mass is 705 g/mol. The molecule has 2 aromatic carbocycles. The van der Waals surface area contributed by atoms with Gasteiger partial charge in [0.05, 0.1) is 23.0 Å². The van der Waals surface area contributed by atoms with Gasteiger partial charge in [-0.15, -0.1) is 0 Å². The van der Waals surface area contributed by atoms with Crippen molar-refractivity contribution in [3.8, 4) is 16.9 Å². The van der Waals surface area contributed by atoms with Crippen LogP contribution in [0, 0.1) is 17.1 Å². The molecule has 0 unspecified atom stereocenters. The quantitative estimate of drug-likeness (QED) is 0.0878. The van der Waals surface area contributed by atoms with Crippen molar-refractivity contribution in [2.45, 2.75) is 89.3 Å². The number of H-pyrrole nitrogens is 1. The average Bonchev–Trinajstić information content (AvgIpc) is 3.51. The van der Waals surface area contributed by atoms with Gasteiger partial charge in [0.2, 0.25) is 0 Å². The number of hydrogen-bond donors (Lipinski definition) is 4. The molecular formula is C38H49ClFN7O3. The van der Waals surface area contributed by atoms with Crippen LogP contribution in [-0.4, -0.2) is 63.9 Å². The van der Waals surface area contributed by atoms with E-state index in [0.717, 1.165) is 89.5 Å². The fraction of sp³-hybridized carbons (Fsp3) is 0.500. The number of piperidine rings is 1. The third-order valence-corrected chi connectivity index (χ3v) is 10.6. The Morgan fingerprint density at radius 3 is 2.68 bits per heavy atom. The van der Waals surface area contributed by atoms with Crippen molar-refractivity contribution in [2.75, 3.05) is 26.4 Å². The van der Waals surface area contributed by atoms with E-state index in [4.69, 9.17) is 38.0 Å². The molecule has 268 valence electrons. The van der Waals surface area contributed by atoms with Crippen molar-refractivity contribution in [3.05, 3.63) is 81.1 Å². The Morgan fingerprint density at radius 2 is 1.94 bits per heavy atom. The summed E-state index contributed by atoms with van der Waals surface area (Å²) in [6.45, 7) is 5.06. The zero-order valence-electron chi connectivity index (χ0n) is 28.8. The van der Waals surface area contributed by atoms with Gasteiger partial charge in [-0.25, -0.2) is 9.18 Å². The van der Waals surface area contributed by atoms with Gasteiger partial charge in [0, 0.05) is 48.5 Å². The largest absolute Gasteiger partial charge is 0.466 e. The first kappa shape index (κ1) is 36.0. The van der Waals surface area contributed by atoms with Crippen LogP contribution in [0.2, 0.25) is 5.02 Å². The van der Waals surface area contributed by atoms with Gasteiger partial charge in [-0.05, 0) is 125 Å². The maximum Gasteiger partial charge on any atom is 0.354 e. The Bertz CT molecular complexity index is 1820. The number of nitrogens with zero attached hydrogens (tertiary/aromatic N) is 3. The van der Waals surface area contributed by atoms with Crippen LogP contribution in [0.5, 0.6) is 0 Å². The molecule has 4 aromatic rings. The molecular weight excluding hydrogens is 657 g/mol. The number of halogens is 2. The minimum atomic E-state index is -0.516. The molecule has 3 atom stereocenters. The minimum Gasteiger partial charge on any atom is -0.466 e. The maximum absolute atomic E-state index is 15.3. The Hall–Kier alpha value is -3.77. The zero-order valence-corrected chi connectivity index (χ0v) is 29.6. The van der Waals surface area contributed by atoms with E-state index in [1.165, 1.54) is 10.1 Å². The molecule has 0 aliphatic carbocycles. The predicted molar refractivity (Wildman–Crippen MR) is 196 cm³/mol. The number of rotatable bonds is 13. The average molecular weight is 706 g/mol. The minimum absolute atomic E-state index is 0.0559. The molecule has 2 aromatic heterocycles. The number of aromatic nitrogens is 3. The predicted octanol–water partition coefficient (Wildman–Crippen LogP) is 6.86. The highest BCUT2D eigenvalue weighted by molar-refractivity contribution is 6.31. The standard InChI is InChI=1S/C38H49ClFN7O3/c1-24(41)4-2-5-26-20-31(35(40)32(39)21-26)33-22-28-23-47(38(48)45-36(28)44-33)30-10-8-27(9-11-30)34-7-3-6-29(15-19-50-37(42)43)46(34)16-12-25-13-17-49-18-14-25/h8-11,20-25,29,34H,2-7,12-19,41H2,1H3,(H3,42,43)(H,44,45,48)/t24-,29-,34-/m0/s1. The van der Waals surface area contributed by atoms with Crippen LogP contribution in [0.1, 0.15) is 81.9 Å². The van der Waals surface area contributed by atoms with E-state index in [2.05, 4.69) is 27.0 Å². The van der Waals surface area contributed by atoms with E-state index < -0.39 is 11.5 Å². The Kier molecular flexibility index (Phi) is 11.9. The maximum atomic E-state index is 15.3. The second-order valence-electron chi connectivity index (χ2n) is 14.0. The molecule has 12 heteroatoms. The fourth-order valence-electron chi connectivity index (χ4n) is 7.61. The van der Waals surface area contributed by atoms with Gasteiger partial charge < -0.3 is 25.9 Å². The normalized spacial score (nSPS) is 19.5. The summed E-state index contributed by atoms with van der Waals surface area (Å²) in [5.74, 6) is 0.145. The Labute approximate surface area is 297 Å².